The molecule has 0 bridgehead atoms. The summed E-state index contributed by atoms with van der Waals surface area (Å²) in [6.07, 6.45) is 6.36. The third-order valence-corrected chi connectivity index (χ3v) is 5.90. The minimum atomic E-state index is 0.173. The van der Waals surface area contributed by atoms with Crippen LogP contribution in [0.1, 0.15) is 44.0 Å². The number of benzene rings is 1. The minimum Gasteiger partial charge on any atom is -0.356 e. The number of rotatable bonds is 8. The largest absolute Gasteiger partial charge is 0.356 e. The highest BCUT2D eigenvalue weighted by molar-refractivity contribution is 7.18. The summed E-state index contributed by atoms with van der Waals surface area (Å²) in [5.74, 6) is 0.693. The van der Waals surface area contributed by atoms with Crippen LogP contribution in [0, 0.1) is 5.92 Å². The summed E-state index contributed by atoms with van der Waals surface area (Å²) in [5.41, 5.74) is 1.07. The summed E-state index contributed by atoms with van der Waals surface area (Å²) in [5, 5.41) is 4.23. The molecule has 1 aliphatic heterocycles. The van der Waals surface area contributed by atoms with Crippen molar-refractivity contribution >= 4 is 27.5 Å². The Labute approximate surface area is 154 Å². The molecule has 2 heterocycles. The number of nitrogens with zero attached hydrogens (tertiary/aromatic N) is 2. The van der Waals surface area contributed by atoms with E-state index in [2.05, 4.69) is 28.2 Å². The maximum atomic E-state index is 12.1. The van der Waals surface area contributed by atoms with E-state index < -0.39 is 0 Å². The molecular weight excluding hydrogens is 330 g/mol. The Morgan fingerprint density at radius 3 is 2.88 bits per heavy atom. The van der Waals surface area contributed by atoms with Crippen LogP contribution in [0.4, 0.5) is 0 Å². The van der Waals surface area contributed by atoms with Gasteiger partial charge in [-0.2, -0.15) is 0 Å². The van der Waals surface area contributed by atoms with E-state index in [0.29, 0.717) is 12.3 Å². The molecule has 1 aromatic heterocycles. The molecule has 1 N–H and O–H groups in total. The van der Waals surface area contributed by atoms with Gasteiger partial charge in [-0.3, -0.25) is 4.79 Å². The molecule has 0 radical (unpaired) electrons. The lowest BCUT2D eigenvalue weighted by atomic mass is 10.1. The highest BCUT2D eigenvalue weighted by Gasteiger charge is 2.14. The number of fused-ring (bicyclic) bond motifs is 1. The average Bonchev–Trinajstić information content (AvgIpc) is 3.03. The number of piperidine rings is 1. The summed E-state index contributed by atoms with van der Waals surface area (Å²) in [7, 11) is 0. The number of aromatic nitrogens is 1. The van der Waals surface area contributed by atoms with Crippen molar-refractivity contribution in [2.75, 3.05) is 26.2 Å². The van der Waals surface area contributed by atoms with Crippen molar-refractivity contribution in [2.24, 2.45) is 5.92 Å². The maximum Gasteiger partial charge on any atom is 0.220 e. The molecule has 0 spiro atoms. The molecule has 2 aromatic rings. The fraction of sp³-hybridized carbons (Fsp3) is 0.600. The third kappa shape index (κ3) is 5.79. The van der Waals surface area contributed by atoms with Gasteiger partial charge in [-0.15, -0.1) is 11.3 Å². The van der Waals surface area contributed by atoms with Gasteiger partial charge in [0.2, 0.25) is 5.91 Å². The van der Waals surface area contributed by atoms with Crippen molar-refractivity contribution in [1.82, 2.24) is 15.2 Å². The molecule has 4 nitrogen and oxygen atoms in total. The quantitative estimate of drug-likeness (QED) is 0.778. The van der Waals surface area contributed by atoms with E-state index in [1.54, 1.807) is 11.3 Å². The number of amides is 1. The first-order chi connectivity index (χ1) is 12.2. The van der Waals surface area contributed by atoms with Gasteiger partial charge in [0.05, 0.1) is 15.2 Å². The summed E-state index contributed by atoms with van der Waals surface area (Å²) in [6, 6.07) is 8.21. The van der Waals surface area contributed by atoms with Crippen molar-refractivity contribution in [3.05, 3.63) is 29.3 Å². The first-order valence-electron chi connectivity index (χ1n) is 9.54. The van der Waals surface area contributed by atoms with E-state index in [1.165, 1.54) is 37.1 Å². The van der Waals surface area contributed by atoms with Crippen LogP contribution in [-0.2, 0) is 11.2 Å². The Hall–Kier alpha value is -1.46. The Morgan fingerprint density at radius 1 is 1.28 bits per heavy atom. The normalized spacial score (nSPS) is 16.8. The molecule has 25 heavy (non-hydrogen) atoms. The molecule has 136 valence electrons. The van der Waals surface area contributed by atoms with Crippen LogP contribution < -0.4 is 5.32 Å². The van der Waals surface area contributed by atoms with Crippen molar-refractivity contribution in [1.29, 1.82) is 0 Å². The van der Waals surface area contributed by atoms with Crippen molar-refractivity contribution in [3.8, 4) is 0 Å². The van der Waals surface area contributed by atoms with Gasteiger partial charge in [-0.25, -0.2) is 4.98 Å². The number of para-hydroxylation sites is 1. The fourth-order valence-corrected chi connectivity index (χ4v) is 4.46. The predicted octanol–water partition coefficient (Wildman–Crippen LogP) is 3.86. The average molecular weight is 360 g/mol. The molecule has 5 heteroatoms. The molecule has 1 atom stereocenters. The molecule has 1 aliphatic rings. The Balaban J connectivity index is 1.32. The number of aryl methyl sites for hydroxylation is 1. The summed E-state index contributed by atoms with van der Waals surface area (Å²) >= 11 is 1.74. The van der Waals surface area contributed by atoms with Crippen molar-refractivity contribution in [3.63, 3.8) is 0 Å². The lowest BCUT2D eigenvalue weighted by Gasteiger charge is -2.29. The first kappa shape index (κ1) is 18.3. The minimum absolute atomic E-state index is 0.173. The van der Waals surface area contributed by atoms with Crippen LogP contribution in [0.25, 0.3) is 10.2 Å². The second kappa shape index (κ2) is 9.30. The smallest absolute Gasteiger partial charge is 0.220 e. The van der Waals surface area contributed by atoms with Crippen LogP contribution in [0.3, 0.4) is 0 Å². The molecular formula is C20H29N3OS. The van der Waals surface area contributed by atoms with Gasteiger partial charge in [0.25, 0.3) is 0 Å². The van der Waals surface area contributed by atoms with E-state index in [1.807, 2.05) is 18.2 Å². The zero-order valence-electron chi connectivity index (χ0n) is 15.2. The lowest BCUT2D eigenvalue weighted by molar-refractivity contribution is -0.121. The monoisotopic (exact) mass is 359 g/mol. The van der Waals surface area contributed by atoms with E-state index in [-0.39, 0.29) is 5.91 Å². The number of carbonyl (C=O) groups excluding carboxylic acids is 1. The summed E-state index contributed by atoms with van der Waals surface area (Å²) < 4.78 is 1.23. The van der Waals surface area contributed by atoms with Crippen molar-refractivity contribution < 1.29 is 4.79 Å². The SMILES string of the molecule is CC(CNC(=O)CCCc1nc2ccccc2s1)CN1CCCCC1. The number of carbonyl (C=O) groups is 1. The predicted molar refractivity (Wildman–Crippen MR) is 105 cm³/mol. The second-order valence-corrected chi connectivity index (χ2v) is 8.31. The highest BCUT2D eigenvalue weighted by Crippen LogP contribution is 2.22. The molecule has 0 saturated carbocycles. The molecule has 1 aromatic carbocycles. The van der Waals surface area contributed by atoms with Gasteiger partial charge in [0, 0.05) is 19.5 Å². The van der Waals surface area contributed by atoms with E-state index >= 15 is 0 Å². The third-order valence-electron chi connectivity index (χ3n) is 4.80. The second-order valence-electron chi connectivity index (χ2n) is 7.20. The lowest BCUT2D eigenvalue weighted by Crippen LogP contribution is -2.38. The van der Waals surface area contributed by atoms with Crippen LogP contribution >= 0.6 is 11.3 Å². The number of likely N-dealkylation sites (tertiary alicyclic amines) is 1. The van der Waals surface area contributed by atoms with Gasteiger partial charge >= 0.3 is 0 Å². The van der Waals surface area contributed by atoms with E-state index in [0.717, 1.165) is 36.5 Å². The van der Waals surface area contributed by atoms with Crippen molar-refractivity contribution in [2.45, 2.75) is 45.4 Å². The summed E-state index contributed by atoms with van der Waals surface area (Å²) in [6.45, 7) is 6.57. The molecule has 1 amide bonds. The summed E-state index contributed by atoms with van der Waals surface area (Å²) in [4.78, 5) is 19.2. The van der Waals surface area contributed by atoms with Gasteiger partial charge in [0.1, 0.15) is 0 Å². The van der Waals surface area contributed by atoms with Crippen LogP contribution in [0.2, 0.25) is 0 Å². The molecule has 0 aliphatic carbocycles. The van der Waals surface area contributed by atoms with Gasteiger partial charge in [-0.1, -0.05) is 25.5 Å². The molecule has 1 unspecified atom stereocenters. The van der Waals surface area contributed by atoms with E-state index in [4.69, 9.17) is 0 Å². The van der Waals surface area contributed by atoms with Gasteiger partial charge in [0.15, 0.2) is 0 Å². The maximum absolute atomic E-state index is 12.1. The number of thiazole rings is 1. The van der Waals surface area contributed by atoms with Crippen LogP contribution in [0.15, 0.2) is 24.3 Å². The zero-order chi connectivity index (χ0) is 17.5. The highest BCUT2D eigenvalue weighted by atomic mass is 32.1. The number of hydrogen-bond donors (Lipinski definition) is 1. The Kier molecular flexibility index (Phi) is 6.82. The van der Waals surface area contributed by atoms with E-state index in [9.17, 15) is 4.79 Å². The standard InChI is InChI=1S/C20H29N3OS/c1-16(15-23-12-5-2-6-13-23)14-21-19(24)10-7-11-20-22-17-8-3-4-9-18(17)25-20/h3-4,8-9,16H,2,5-7,10-15H2,1H3,(H,21,24). The van der Waals surface area contributed by atoms with Gasteiger partial charge in [-0.05, 0) is 56.8 Å². The Morgan fingerprint density at radius 2 is 2.08 bits per heavy atom. The number of nitrogens with one attached hydrogen (secondary N) is 1. The van der Waals surface area contributed by atoms with Crippen LogP contribution in [-0.4, -0.2) is 42.0 Å². The molecule has 3 rings (SSSR count). The topological polar surface area (TPSA) is 45.2 Å². The van der Waals surface area contributed by atoms with Crippen LogP contribution in [0.5, 0.6) is 0 Å². The fourth-order valence-electron chi connectivity index (χ4n) is 3.45. The first-order valence-corrected chi connectivity index (χ1v) is 10.4. The van der Waals surface area contributed by atoms with Gasteiger partial charge < -0.3 is 10.2 Å². The molecule has 1 saturated heterocycles. The Bertz CT molecular complexity index is 645. The zero-order valence-corrected chi connectivity index (χ0v) is 16.0. The number of hydrogen-bond acceptors (Lipinski definition) is 4. The molecule has 1 fully saturated rings.